The van der Waals surface area contributed by atoms with Crippen molar-refractivity contribution >= 4 is 17.7 Å². The van der Waals surface area contributed by atoms with Crippen LogP contribution < -0.4 is 4.74 Å². The topological polar surface area (TPSA) is 121 Å². The fourth-order valence-electron chi connectivity index (χ4n) is 2.40. The highest BCUT2D eigenvalue weighted by molar-refractivity contribution is 7.93. The van der Waals surface area contributed by atoms with Gasteiger partial charge in [0.15, 0.2) is 4.99 Å². The molecule has 1 aromatic rings. The van der Waals surface area contributed by atoms with Crippen LogP contribution in [0.2, 0.25) is 0 Å². The van der Waals surface area contributed by atoms with E-state index in [2.05, 4.69) is 0 Å². The van der Waals surface area contributed by atoms with Crippen molar-refractivity contribution in [3.8, 4) is 5.75 Å². The van der Waals surface area contributed by atoms with Gasteiger partial charge >= 0.3 is 7.60 Å². The van der Waals surface area contributed by atoms with Crippen LogP contribution >= 0.6 is 7.60 Å². The molecule has 0 aliphatic heterocycles. The van der Waals surface area contributed by atoms with Gasteiger partial charge in [-0.05, 0) is 56.7 Å². The first-order chi connectivity index (χ1) is 11.5. The molecule has 0 aliphatic rings. The van der Waals surface area contributed by atoms with Crippen LogP contribution in [0.3, 0.4) is 0 Å². The van der Waals surface area contributed by atoms with E-state index in [4.69, 9.17) is 19.1 Å². The van der Waals surface area contributed by atoms with Gasteiger partial charge in [0.2, 0.25) is 0 Å². The van der Waals surface area contributed by atoms with Gasteiger partial charge in [0.1, 0.15) is 5.75 Å². The standard InChI is InChI=1S/C16H25O7PS/c1-13(10-11-14-7-5-8-15(12-14)23-2)6-3-4-9-16(24(17,18)19)25(20,21)22/h5-8,12,16H,3-4,9-11H2,1-2H3,(H2,17,18,19)(H,20,21,22)/b13-6+. The lowest BCUT2D eigenvalue weighted by molar-refractivity contribution is 0.360. The van der Waals surface area contributed by atoms with E-state index in [0.29, 0.717) is 6.42 Å². The van der Waals surface area contributed by atoms with Crippen molar-refractivity contribution in [3.05, 3.63) is 41.5 Å². The average Bonchev–Trinajstić information content (AvgIpc) is 2.50. The largest absolute Gasteiger partial charge is 0.497 e. The smallest absolute Gasteiger partial charge is 0.346 e. The second-order valence-corrected chi connectivity index (χ2v) is 9.64. The van der Waals surface area contributed by atoms with E-state index in [1.807, 2.05) is 37.3 Å². The first-order valence-electron chi connectivity index (χ1n) is 7.84. The molecule has 0 heterocycles. The van der Waals surface area contributed by atoms with Gasteiger partial charge in [-0.3, -0.25) is 9.12 Å². The minimum Gasteiger partial charge on any atom is -0.497 e. The SMILES string of the molecule is COc1cccc(CC/C(C)=C/CCCC(P(=O)(O)O)S(=O)(=O)O)c1. The maximum Gasteiger partial charge on any atom is 0.346 e. The van der Waals surface area contributed by atoms with E-state index in [0.717, 1.165) is 29.7 Å². The minimum atomic E-state index is -4.89. The van der Waals surface area contributed by atoms with Gasteiger partial charge in [0.25, 0.3) is 10.1 Å². The van der Waals surface area contributed by atoms with E-state index in [1.54, 1.807) is 7.11 Å². The number of rotatable bonds is 10. The number of hydrogen-bond donors (Lipinski definition) is 3. The Morgan fingerprint density at radius 1 is 1.36 bits per heavy atom. The minimum absolute atomic E-state index is 0.256. The Kier molecular flexibility index (Phi) is 8.31. The highest BCUT2D eigenvalue weighted by Gasteiger charge is 2.38. The Bertz CT molecular complexity index is 737. The first-order valence-corrected chi connectivity index (χ1v) is 11.0. The van der Waals surface area contributed by atoms with E-state index >= 15 is 0 Å². The zero-order valence-corrected chi connectivity index (χ0v) is 16.0. The van der Waals surface area contributed by atoms with Crippen LogP contribution in [0.1, 0.15) is 38.2 Å². The number of unbranched alkanes of at least 4 members (excludes halogenated alkanes) is 1. The Labute approximate surface area is 148 Å². The van der Waals surface area contributed by atoms with Gasteiger partial charge in [-0.25, -0.2) is 0 Å². The highest BCUT2D eigenvalue weighted by Crippen LogP contribution is 2.46. The molecule has 1 aromatic carbocycles. The van der Waals surface area contributed by atoms with Crippen LogP contribution in [0.25, 0.3) is 0 Å². The molecule has 9 heteroatoms. The molecule has 0 bridgehead atoms. The quantitative estimate of drug-likeness (QED) is 0.242. The normalized spacial score (nSPS) is 14.4. The van der Waals surface area contributed by atoms with Gasteiger partial charge < -0.3 is 14.5 Å². The molecule has 7 nitrogen and oxygen atoms in total. The van der Waals surface area contributed by atoms with E-state index < -0.39 is 22.7 Å². The molecule has 0 spiro atoms. The molecule has 0 radical (unpaired) electrons. The number of methoxy groups -OCH3 is 1. The van der Waals surface area contributed by atoms with Gasteiger partial charge in [0.05, 0.1) is 7.11 Å². The number of ether oxygens (including phenoxy) is 1. The molecule has 0 amide bonds. The summed E-state index contributed by atoms with van der Waals surface area (Å²) in [6.07, 6.45) is 4.01. The summed E-state index contributed by atoms with van der Waals surface area (Å²) in [5.41, 5.74) is 2.24. The molecule has 142 valence electrons. The molecule has 25 heavy (non-hydrogen) atoms. The average molecular weight is 392 g/mol. The van der Waals surface area contributed by atoms with Crippen LogP contribution in [0.15, 0.2) is 35.9 Å². The Hall–Kier alpha value is -1.18. The summed E-state index contributed by atoms with van der Waals surface area (Å²) in [5, 5.41) is 0. The van der Waals surface area contributed by atoms with Crippen molar-refractivity contribution in [2.24, 2.45) is 0 Å². The molecule has 3 N–H and O–H groups in total. The molecule has 0 aromatic heterocycles. The lowest BCUT2D eigenvalue weighted by Crippen LogP contribution is -2.20. The summed E-state index contributed by atoms with van der Waals surface area (Å²) in [5.74, 6) is 0.799. The van der Waals surface area contributed by atoms with E-state index in [1.165, 1.54) is 0 Å². The van der Waals surface area contributed by atoms with Crippen molar-refractivity contribution < 1.29 is 32.1 Å². The first kappa shape index (κ1) is 21.9. The molecule has 0 aliphatic carbocycles. The Morgan fingerprint density at radius 3 is 2.60 bits per heavy atom. The third kappa shape index (κ3) is 8.16. The molecular weight excluding hydrogens is 367 g/mol. The fraction of sp³-hybridized carbons (Fsp3) is 0.500. The zero-order chi connectivity index (χ0) is 19.1. The summed E-state index contributed by atoms with van der Waals surface area (Å²) in [7, 11) is -8.05. The molecule has 0 saturated carbocycles. The van der Waals surface area contributed by atoms with Crippen molar-refractivity contribution in [1.82, 2.24) is 0 Å². The van der Waals surface area contributed by atoms with Crippen molar-refractivity contribution in [3.63, 3.8) is 0 Å². The van der Waals surface area contributed by atoms with Crippen molar-refractivity contribution in [1.29, 1.82) is 0 Å². The van der Waals surface area contributed by atoms with Gasteiger partial charge in [-0.15, -0.1) is 0 Å². The summed E-state index contributed by atoms with van der Waals surface area (Å²) < 4.78 is 47.4. The Balaban J connectivity index is 2.48. The molecule has 0 fully saturated rings. The third-order valence-corrected chi connectivity index (χ3v) is 7.36. The van der Waals surface area contributed by atoms with Crippen LogP contribution in [0.5, 0.6) is 5.75 Å². The number of hydrogen-bond acceptors (Lipinski definition) is 4. The summed E-state index contributed by atoms with van der Waals surface area (Å²) in [6, 6.07) is 7.76. The van der Waals surface area contributed by atoms with Gasteiger partial charge in [-0.1, -0.05) is 23.8 Å². The van der Waals surface area contributed by atoms with E-state index in [9.17, 15) is 13.0 Å². The molecule has 1 rings (SSSR count). The van der Waals surface area contributed by atoms with Crippen LogP contribution in [0, 0.1) is 0 Å². The number of aryl methyl sites for hydroxylation is 1. The maximum absolute atomic E-state index is 11.1. The van der Waals surface area contributed by atoms with Crippen molar-refractivity contribution in [2.75, 3.05) is 7.11 Å². The van der Waals surface area contributed by atoms with E-state index in [-0.39, 0.29) is 12.8 Å². The molecule has 1 atom stereocenters. The number of benzene rings is 1. The summed E-state index contributed by atoms with van der Waals surface area (Å²) >= 11 is 0. The highest BCUT2D eigenvalue weighted by atomic mass is 32.2. The summed E-state index contributed by atoms with van der Waals surface area (Å²) in [4.78, 5) is 16.0. The predicted octanol–water partition coefficient (Wildman–Crippen LogP) is 3.14. The molecule has 0 saturated heterocycles. The third-order valence-electron chi connectivity index (χ3n) is 3.81. The van der Waals surface area contributed by atoms with Crippen LogP contribution in [0.4, 0.5) is 0 Å². The maximum atomic E-state index is 11.1. The second kappa shape index (κ2) is 9.50. The lowest BCUT2D eigenvalue weighted by atomic mass is 10.0. The van der Waals surface area contributed by atoms with Crippen LogP contribution in [-0.2, 0) is 21.1 Å². The van der Waals surface area contributed by atoms with Crippen LogP contribution in [-0.4, -0.2) is 34.9 Å². The second-order valence-electron chi connectivity index (χ2n) is 5.89. The van der Waals surface area contributed by atoms with Gasteiger partial charge in [0, 0.05) is 0 Å². The molecule has 1 unspecified atom stereocenters. The summed E-state index contributed by atoms with van der Waals surface area (Å²) in [6.45, 7) is 1.95. The fourth-order valence-corrected chi connectivity index (χ4v) is 4.77. The molecular formula is C16H25O7PS. The Morgan fingerprint density at radius 2 is 2.04 bits per heavy atom. The zero-order valence-electron chi connectivity index (χ0n) is 14.3. The number of allylic oxidation sites excluding steroid dienone is 2. The predicted molar refractivity (Wildman–Crippen MR) is 96.3 cm³/mol. The monoisotopic (exact) mass is 392 g/mol. The van der Waals surface area contributed by atoms with Crippen molar-refractivity contribution in [2.45, 2.75) is 44.0 Å². The van der Waals surface area contributed by atoms with Gasteiger partial charge in [-0.2, -0.15) is 8.42 Å². The lowest BCUT2D eigenvalue weighted by Gasteiger charge is -2.14.